The number of aliphatic carboxylic acids is 1. The Kier molecular flexibility index (Phi) is 4.84. The van der Waals surface area contributed by atoms with Crippen LogP contribution in [0.5, 0.6) is 0 Å². The molecular weight excluding hydrogens is 192 g/mol. The molecule has 0 aromatic heterocycles. The number of hydrogen-bond acceptors (Lipinski definition) is 2. The maximum absolute atomic E-state index is 10.8. The van der Waals surface area contributed by atoms with Crippen LogP contribution in [0.1, 0.15) is 18.4 Å². The zero-order valence-electron chi connectivity index (χ0n) is 8.60. The standard InChI is InChI=1S/C12H16O3/c13-9-8-11(12(14)15)7-6-10-4-2-1-3-5-10/h1-5,11,13H,6-9H2,(H,14,15)/t11-/m1/s1. The fourth-order valence-electron chi connectivity index (χ4n) is 1.53. The van der Waals surface area contributed by atoms with Gasteiger partial charge in [0.05, 0.1) is 5.92 Å². The summed E-state index contributed by atoms with van der Waals surface area (Å²) in [4.78, 5) is 10.8. The zero-order valence-corrected chi connectivity index (χ0v) is 8.60. The van der Waals surface area contributed by atoms with Gasteiger partial charge in [0.1, 0.15) is 0 Å². The number of benzene rings is 1. The van der Waals surface area contributed by atoms with Gasteiger partial charge in [-0.3, -0.25) is 4.79 Å². The molecule has 0 aliphatic rings. The van der Waals surface area contributed by atoms with E-state index < -0.39 is 11.9 Å². The predicted octanol–water partition coefficient (Wildman–Crippen LogP) is 1.70. The van der Waals surface area contributed by atoms with Gasteiger partial charge in [-0.15, -0.1) is 0 Å². The third-order valence-electron chi connectivity index (χ3n) is 2.45. The topological polar surface area (TPSA) is 57.5 Å². The van der Waals surface area contributed by atoms with Gasteiger partial charge in [-0.25, -0.2) is 0 Å². The molecular formula is C12H16O3. The lowest BCUT2D eigenvalue weighted by Crippen LogP contribution is -2.16. The second kappa shape index (κ2) is 6.19. The van der Waals surface area contributed by atoms with E-state index in [0.717, 1.165) is 12.0 Å². The molecule has 0 fully saturated rings. The summed E-state index contributed by atoms with van der Waals surface area (Å²) in [5.41, 5.74) is 1.14. The van der Waals surface area contributed by atoms with Crippen LogP contribution in [0, 0.1) is 5.92 Å². The molecule has 15 heavy (non-hydrogen) atoms. The minimum Gasteiger partial charge on any atom is -0.481 e. The van der Waals surface area contributed by atoms with Crippen molar-refractivity contribution in [2.75, 3.05) is 6.61 Å². The van der Waals surface area contributed by atoms with E-state index in [4.69, 9.17) is 10.2 Å². The SMILES string of the molecule is O=C(O)[C@@H](CCO)CCc1ccccc1. The van der Waals surface area contributed by atoms with Crippen LogP contribution in [0.3, 0.4) is 0 Å². The van der Waals surface area contributed by atoms with Crippen molar-refractivity contribution in [2.24, 2.45) is 5.92 Å². The maximum Gasteiger partial charge on any atom is 0.306 e. The third kappa shape index (κ3) is 4.13. The first kappa shape index (κ1) is 11.7. The van der Waals surface area contributed by atoms with E-state index in [1.807, 2.05) is 30.3 Å². The average molecular weight is 208 g/mol. The lowest BCUT2D eigenvalue weighted by atomic mass is 9.97. The summed E-state index contributed by atoms with van der Waals surface area (Å²) in [5, 5.41) is 17.6. The minimum atomic E-state index is -0.819. The highest BCUT2D eigenvalue weighted by Crippen LogP contribution is 2.13. The Morgan fingerprint density at radius 1 is 1.20 bits per heavy atom. The number of hydrogen-bond donors (Lipinski definition) is 2. The van der Waals surface area contributed by atoms with Gasteiger partial charge in [0.15, 0.2) is 0 Å². The van der Waals surface area contributed by atoms with Gasteiger partial charge in [-0.05, 0) is 24.8 Å². The summed E-state index contributed by atoms with van der Waals surface area (Å²) in [7, 11) is 0. The van der Waals surface area contributed by atoms with E-state index in [1.165, 1.54) is 0 Å². The van der Waals surface area contributed by atoms with Crippen molar-refractivity contribution in [1.82, 2.24) is 0 Å². The first-order valence-corrected chi connectivity index (χ1v) is 5.11. The molecule has 1 aromatic rings. The second-order valence-electron chi connectivity index (χ2n) is 3.57. The highest BCUT2D eigenvalue weighted by molar-refractivity contribution is 5.69. The predicted molar refractivity (Wildman–Crippen MR) is 57.6 cm³/mol. The number of carboxylic acids is 1. The third-order valence-corrected chi connectivity index (χ3v) is 2.45. The second-order valence-corrected chi connectivity index (χ2v) is 3.57. The molecule has 0 amide bonds. The van der Waals surface area contributed by atoms with Crippen LogP contribution in [0.15, 0.2) is 30.3 Å². The van der Waals surface area contributed by atoms with Crippen LogP contribution in [-0.4, -0.2) is 22.8 Å². The van der Waals surface area contributed by atoms with Crippen molar-refractivity contribution in [3.8, 4) is 0 Å². The number of aryl methyl sites for hydroxylation is 1. The molecule has 2 N–H and O–H groups in total. The fraction of sp³-hybridized carbons (Fsp3) is 0.417. The average Bonchev–Trinajstić information content (AvgIpc) is 2.25. The van der Waals surface area contributed by atoms with Gasteiger partial charge >= 0.3 is 5.97 Å². The number of aliphatic hydroxyl groups excluding tert-OH is 1. The molecule has 3 nitrogen and oxygen atoms in total. The summed E-state index contributed by atoms with van der Waals surface area (Å²) in [6, 6.07) is 9.79. The van der Waals surface area contributed by atoms with Crippen LogP contribution < -0.4 is 0 Å². The Morgan fingerprint density at radius 2 is 1.87 bits per heavy atom. The molecule has 0 saturated heterocycles. The Morgan fingerprint density at radius 3 is 2.40 bits per heavy atom. The summed E-state index contributed by atoms with van der Waals surface area (Å²) in [6.07, 6.45) is 1.67. The molecule has 0 unspecified atom stereocenters. The molecule has 0 heterocycles. The fourth-order valence-corrected chi connectivity index (χ4v) is 1.53. The molecule has 0 radical (unpaired) electrons. The van der Waals surface area contributed by atoms with E-state index in [-0.39, 0.29) is 6.61 Å². The molecule has 3 heteroatoms. The summed E-state index contributed by atoms with van der Waals surface area (Å²) in [5.74, 6) is -1.25. The van der Waals surface area contributed by atoms with E-state index in [1.54, 1.807) is 0 Å². The van der Waals surface area contributed by atoms with E-state index in [2.05, 4.69) is 0 Å². The summed E-state index contributed by atoms with van der Waals surface area (Å²) >= 11 is 0. The lowest BCUT2D eigenvalue weighted by molar-refractivity contribution is -0.142. The highest BCUT2D eigenvalue weighted by Gasteiger charge is 2.16. The minimum absolute atomic E-state index is 0.0637. The van der Waals surface area contributed by atoms with Crippen molar-refractivity contribution < 1.29 is 15.0 Å². The largest absolute Gasteiger partial charge is 0.481 e. The first-order valence-electron chi connectivity index (χ1n) is 5.11. The molecule has 0 aliphatic heterocycles. The van der Waals surface area contributed by atoms with Crippen LogP contribution >= 0.6 is 0 Å². The Hall–Kier alpha value is -1.35. The van der Waals surface area contributed by atoms with Crippen LogP contribution in [-0.2, 0) is 11.2 Å². The monoisotopic (exact) mass is 208 g/mol. The van der Waals surface area contributed by atoms with Crippen LogP contribution in [0.25, 0.3) is 0 Å². The van der Waals surface area contributed by atoms with Crippen molar-refractivity contribution in [2.45, 2.75) is 19.3 Å². The number of carboxylic acid groups (broad SMARTS) is 1. The van der Waals surface area contributed by atoms with E-state index in [0.29, 0.717) is 12.8 Å². The van der Waals surface area contributed by atoms with Crippen LogP contribution in [0.2, 0.25) is 0 Å². The molecule has 1 rings (SSSR count). The lowest BCUT2D eigenvalue weighted by Gasteiger charge is -2.10. The van der Waals surface area contributed by atoms with Gasteiger partial charge < -0.3 is 10.2 Å². The molecule has 1 aromatic carbocycles. The highest BCUT2D eigenvalue weighted by atomic mass is 16.4. The van der Waals surface area contributed by atoms with Gasteiger partial charge in [0.25, 0.3) is 0 Å². The Balaban J connectivity index is 2.43. The molecule has 0 aliphatic carbocycles. The summed E-state index contributed by atoms with van der Waals surface area (Å²) < 4.78 is 0. The quantitative estimate of drug-likeness (QED) is 0.748. The molecule has 82 valence electrons. The Labute approximate surface area is 89.4 Å². The summed E-state index contributed by atoms with van der Waals surface area (Å²) in [6.45, 7) is -0.0637. The molecule has 0 saturated carbocycles. The van der Waals surface area contributed by atoms with Gasteiger partial charge in [-0.2, -0.15) is 0 Å². The maximum atomic E-state index is 10.8. The molecule has 0 spiro atoms. The smallest absolute Gasteiger partial charge is 0.306 e. The van der Waals surface area contributed by atoms with E-state index >= 15 is 0 Å². The molecule has 1 atom stereocenters. The van der Waals surface area contributed by atoms with Gasteiger partial charge in [0, 0.05) is 6.61 Å². The zero-order chi connectivity index (χ0) is 11.1. The molecule has 0 bridgehead atoms. The normalized spacial score (nSPS) is 12.3. The van der Waals surface area contributed by atoms with Crippen molar-refractivity contribution in [3.05, 3.63) is 35.9 Å². The van der Waals surface area contributed by atoms with Crippen molar-refractivity contribution >= 4 is 5.97 Å². The Bertz CT molecular complexity index is 295. The van der Waals surface area contributed by atoms with Gasteiger partial charge in [-0.1, -0.05) is 30.3 Å². The van der Waals surface area contributed by atoms with Crippen molar-refractivity contribution in [1.29, 1.82) is 0 Å². The number of carbonyl (C=O) groups is 1. The first-order chi connectivity index (χ1) is 7.24. The number of aliphatic hydroxyl groups is 1. The van der Waals surface area contributed by atoms with E-state index in [9.17, 15) is 4.79 Å². The number of rotatable bonds is 6. The van der Waals surface area contributed by atoms with Gasteiger partial charge in [0.2, 0.25) is 0 Å². The van der Waals surface area contributed by atoms with Crippen molar-refractivity contribution in [3.63, 3.8) is 0 Å². The van der Waals surface area contributed by atoms with Crippen LogP contribution in [0.4, 0.5) is 0 Å².